The van der Waals surface area contributed by atoms with Crippen molar-refractivity contribution < 1.29 is 0 Å². The van der Waals surface area contributed by atoms with E-state index in [2.05, 4.69) is 35.5 Å². The van der Waals surface area contributed by atoms with E-state index < -0.39 is 0 Å². The molecule has 0 unspecified atom stereocenters. The molecular weight excluding hydrogens is 286 g/mol. The van der Waals surface area contributed by atoms with Crippen LogP contribution in [0.4, 0.5) is 5.82 Å². The maximum Gasteiger partial charge on any atom is 0.163 e. The van der Waals surface area contributed by atoms with Crippen LogP contribution in [0.3, 0.4) is 0 Å². The van der Waals surface area contributed by atoms with E-state index in [-0.39, 0.29) is 0 Å². The zero-order valence-electron chi connectivity index (χ0n) is 13.9. The molecule has 122 valence electrons. The minimum atomic E-state index is 0.368. The molecule has 1 saturated heterocycles. The third-order valence-electron chi connectivity index (χ3n) is 4.29. The molecule has 5 nitrogen and oxygen atoms in total. The first-order chi connectivity index (χ1) is 11.2. The van der Waals surface area contributed by atoms with E-state index >= 15 is 0 Å². The maximum atomic E-state index is 4.70. The molecule has 1 aliphatic heterocycles. The zero-order chi connectivity index (χ0) is 16.1. The Morgan fingerprint density at radius 1 is 1.26 bits per heavy atom. The number of nitrogens with one attached hydrogen (secondary N) is 2. The molecule has 0 radical (unpaired) electrons. The van der Waals surface area contributed by atoms with Crippen molar-refractivity contribution in [1.29, 1.82) is 0 Å². The summed E-state index contributed by atoms with van der Waals surface area (Å²) in [5.74, 6) is 2.75. The monoisotopic (exact) mass is 311 g/mol. The number of piperidine rings is 1. The van der Waals surface area contributed by atoms with Crippen molar-refractivity contribution in [2.24, 2.45) is 5.92 Å². The van der Waals surface area contributed by atoms with Gasteiger partial charge in [-0.2, -0.15) is 0 Å². The summed E-state index contributed by atoms with van der Waals surface area (Å²) in [6.45, 7) is 7.53. The fourth-order valence-corrected chi connectivity index (χ4v) is 2.81. The summed E-state index contributed by atoms with van der Waals surface area (Å²) < 4.78 is 0. The Kier molecular flexibility index (Phi) is 5.18. The lowest BCUT2D eigenvalue weighted by Gasteiger charge is -2.23. The van der Waals surface area contributed by atoms with Gasteiger partial charge in [-0.1, -0.05) is 13.8 Å². The molecule has 0 saturated carbocycles. The Bertz CT molecular complexity index is 621. The van der Waals surface area contributed by atoms with Crippen LogP contribution in [-0.2, 0) is 0 Å². The molecule has 0 spiro atoms. The van der Waals surface area contributed by atoms with E-state index in [1.807, 2.05) is 18.3 Å². The van der Waals surface area contributed by atoms with Gasteiger partial charge in [-0.05, 0) is 49.9 Å². The predicted molar refractivity (Wildman–Crippen MR) is 93.4 cm³/mol. The summed E-state index contributed by atoms with van der Waals surface area (Å²) in [7, 11) is 0. The quantitative estimate of drug-likeness (QED) is 0.888. The molecule has 2 aromatic rings. The van der Waals surface area contributed by atoms with Crippen molar-refractivity contribution in [2.75, 3.05) is 25.0 Å². The second-order valence-corrected chi connectivity index (χ2v) is 6.47. The number of nitrogens with zero attached hydrogens (tertiary/aromatic N) is 3. The molecular formula is C18H25N5. The molecule has 3 rings (SSSR count). The van der Waals surface area contributed by atoms with Crippen molar-refractivity contribution in [3.8, 4) is 11.4 Å². The average Bonchev–Trinajstić information content (AvgIpc) is 2.61. The van der Waals surface area contributed by atoms with E-state index in [1.165, 1.54) is 12.8 Å². The van der Waals surface area contributed by atoms with Crippen LogP contribution >= 0.6 is 0 Å². The fourth-order valence-electron chi connectivity index (χ4n) is 2.81. The van der Waals surface area contributed by atoms with Crippen molar-refractivity contribution in [1.82, 2.24) is 20.3 Å². The van der Waals surface area contributed by atoms with Gasteiger partial charge in [0.15, 0.2) is 5.82 Å². The molecule has 2 N–H and O–H groups in total. The standard InChI is InChI=1S/C18H25N5/c1-13(2)16-10-17(21-11-14-5-8-19-9-6-14)23-18(22-16)15-4-3-7-20-12-15/h3-4,7,10,12-14,19H,5-6,8-9,11H2,1-2H3,(H,21,22,23). The lowest BCUT2D eigenvalue weighted by Crippen LogP contribution is -2.31. The van der Waals surface area contributed by atoms with Gasteiger partial charge in [0.1, 0.15) is 5.82 Å². The minimum Gasteiger partial charge on any atom is -0.370 e. The molecule has 0 aromatic carbocycles. The number of rotatable bonds is 5. The van der Waals surface area contributed by atoms with Crippen molar-refractivity contribution in [3.05, 3.63) is 36.3 Å². The van der Waals surface area contributed by atoms with Gasteiger partial charge in [-0.3, -0.25) is 4.98 Å². The van der Waals surface area contributed by atoms with Gasteiger partial charge in [0.05, 0.1) is 0 Å². The Morgan fingerprint density at radius 3 is 2.78 bits per heavy atom. The molecule has 5 heteroatoms. The van der Waals surface area contributed by atoms with Crippen LogP contribution in [0.2, 0.25) is 0 Å². The SMILES string of the molecule is CC(C)c1cc(NCC2CCNCC2)nc(-c2cccnc2)n1. The van der Waals surface area contributed by atoms with Crippen LogP contribution in [0.15, 0.2) is 30.6 Å². The summed E-state index contributed by atoms with van der Waals surface area (Å²) in [5.41, 5.74) is 2.02. The zero-order valence-corrected chi connectivity index (χ0v) is 13.9. The molecule has 1 fully saturated rings. The van der Waals surface area contributed by atoms with Crippen LogP contribution in [0.25, 0.3) is 11.4 Å². The number of hydrogen-bond donors (Lipinski definition) is 2. The van der Waals surface area contributed by atoms with Gasteiger partial charge in [0.25, 0.3) is 0 Å². The topological polar surface area (TPSA) is 62.7 Å². The van der Waals surface area contributed by atoms with Gasteiger partial charge in [-0.25, -0.2) is 9.97 Å². The number of aromatic nitrogens is 3. The second-order valence-electron chi connectivity index (χ2n) is 6.47. The summed E-state index contributed by atoms with van der Waals surface area (Å²) >= 11 is 0. The third-order valence-corrected chi connectivity index (χ3v) is 4.29. The van der Waals surface area contributed by atoms with E-state index in [4.69, 9.17) is 9.97 Å². The first-order valence-electron chi connectivity index (χ1n) is 8.46. The highest BCUT2D eigenvalue weighted by Gasteiger charge is 2.14. The van der Waals surface area contributed by atoms with Crippen LogP contribution in [0.5, 0.6) is 0 Å². The van der Waals surface area contributed by atoms with E-state index in [0.29, 0.717) is 5.92 Å². The van der Waals surface area contributed by atoms with E-state index in [1.54, 1.807) is 6.20 Å². The average molecular weight is 311 g/mol. The van der Waals surface area contributed by atoms with Crippen LogP contribution < -0.4 is 10.6 Å². The molecule has 0 aliphatic carbocycles. The smallest absolute Gasteiger partial charge is 0.163 e. The van der Waals surface area contributed by atoms with Crippen LogP contribution in [0.1, 0.15) is 38.3 Å². The first kappa shape index (κ1) is 15.9. The summed E-state index contributed by atoms with van der Waals surface area (Å²) in [5, 5.41) is 6.93. The number of hydrogen-bond acceptors (Lipinski definition) is 5. The van der Waals surface area contributed by atoms with Crippen LogP contribution in [-0.4, -0.2) is 34.6 Å². The lowest BCUT2D eigenvalue weighted by molar-refractivity contribution is 0.389. The molecule has 3 heterocycles. The number of anilines is 1. The van der Waals surface area contributed by atoms with Gasteiger partial charge in [0, 0.05) is 36.3 Å². The highest BCUT2D eigenvalue weighted by molar-refractivity contribution is 5.56. The van der Waals surface area contributed by atoms with Gasteiger partial charge in [0.2, 0.25) is 0 Å². The molecule has 0 amide bonds. The third kappa shape index (κ3) is 4.26. The van der Waals surface area contributed by atoms with Crippen molar-refractivity contribution >= 4 is 5.82 Å². The second kappa shape index (κ2) is 7.51. The van der Waals surface area contributed by atoms with E-state index in [0.717, 1.165) is 48.5 Å². The normalized spacial score (nSPS) is 15.8. The molecule has 23 heavy (non-hydrogen) atoms. The molecule has 0 atom stereocenters. The van der Waals surface area contributed by atoms with Crippen molar-refractivity contribution in [3.63, 3.8) is 0 Å². The Labute approximate surface area is 138 Å². The lowest BCUT2D eigenvalue weighted by atomic mass is 9.98. The highest BCUT2D eigenvalue weighted by atomic mass is 15.0. The summed E-state index contributed by atoms with van der Waals surface area (Å²) in [6.07, 6.45) is 6.04. The summed E-state index contributed by atoms with van der Waals surface area (Å²) in [4.78, 5) is 13.6. The maximum absolute atomic E-state index is 4.70. The number of pyridine rings is 1. The largest absolute Gasteiger partial charge is 0.370 e. The molecule has 0 bridgehead atoms. The van der Waals surface area contributed by atoms with E-state index in [9.17, 15) is 0 Å². The fraction of sp³-hybridized carbons (Fsp3) is 0.500. The highest BCUT2D eigenvalue weighted by Crippen LogP contribution is 2.22. The Balaban J connectivity index is 1.79. The van der Waals surface area contributed by atoms with Gasteiger partial charge >= 0.3 is 0 Å². The summed E-state index contributed by atoms with van der Waals surface area (Å²) in [6, 6.07) is 6.00. The van der Waals surface area contributed by atoms with Crippen LogP contribution in [0, 0.1) is 5.92 Å². The van der Waals surface area contributed by atoms with Gasteiger partial charge in [-0.15, -0.1) is 0 Å². The Morgan fingerprint density at radius 2 is 2.09 bits per heavy atom. The van der Waals surface area contributed by atoms with Crippen molar-refractivity contribution in [2.45, 2.75) is 32.6 Å². The predicted octanol–water partition coefficient (Wildman–Crippen LogP) is 3.07. The minimum absolute atomic E-state index is 0.368. The first-order valence-corrected chi connectivity index (χ1v) is 8.46. The molecule has 2 aromatic heterocycles. The van der Waals surface area contributed by atoms with Gasteiger partial charge < -0.3 is 10.6 Å². The molecule has 1 aliphatic rings. The Hall–Kier alpha value is -2.01.